The second kappa shape index (κ2) is 4.13. The third-order valence-electron chi connectivity index (χ3n) is 2.68. The molecular formula is C13H22. The molecule has 0 heteroatoms. The normalized spacial score (nSPS) is 23.1. The lowest BCUT2D eigenvalue weighted by molar-refractivity contribution is 0.491. The first-order valence-corrected chi connectivity index (χ1v) is 5.43. The van der Waals surface area contributed by atoms with Gasteiger partial charge < -0.3 is 0 Å². The molecule has 0 radical (unpaired) electrons. The zero-order valence-electron chi connectivity index (χ0n) is 9.43. The van der Waals surface area contributed by atoms with Crippen molar-refractivity contribution in [2.45, 2.75) is 47.0 Å². The number of allylic oxidation sites excluding steroid dienone is 4. The summed E-state index contributed by atoms with van der Waals surface area (Å²) >= 11 is 0. The van der Waals surface area contributed by atoms with Gasteiger partial charge in [0.25, 0.3) is 0 Å². The summed E-state index contributed by atoms with van der Waals surface area (Å²) in [5.41, 5.74) is 1.83. The van der Waals surface area contributed by atoms with Crippen LogP contribution in [0.15, 0.2) is 23.8 Å². The Morgan fingerprint density at radius 3 is 2.62 bits per heavy atom. The summed E-state index contributed by atoms with van der Waals surface area (Å²) in [5, 5.41) is 0. The molecule has 1 rings (SSSR count). The predicted octanol–water partition coefficient (Wildman–Crippen LogP) is 4.34. The van der Waals surface area contributed by atoms with Crippen molar-refractivity contribution in [3.8, 4) is 0 Å². The summed E-state index contributed by atoms with van der Waals surface area (Å²) in [7, 11) is 0. The highest BCUT2D eigenvalue weighted by atomic mass is 14.2. The highest BCUT2D eigenvalue weighted by Gasteiger charge is 2.18. The molecule has 1 atom stereocenters. The van der Waals surface area contributed by atoms with E-state index in [4.69, 9.17) is 0 Å². The lowest BCUT2D eigenvalue weighted by atomic mass is 9.80. The number of rotatable bonds is 2. The van der Waals surface area contributed by atoms with Gasteiger partial charge in [-0.1, -0.05) is 52.3 Å². The first-order chi connectivity index (χ1) is 6.04. The molecule has 13 heavy (non-hydrogen) atoms. The topological polar surface area (TPSA) is 0 Å². The summed E-state index contributed by atoms with van der Waals surface area (Å²) in [6.07, 6.45) is 11.0. The van der Waals surface area contributed by atoms with Crippen molar-refractivity contribution in [3.05, 3.63) is 23.8 Å². The molecule has 0 aliphatic heterocycles. The van der Waals surface area contributed by atoms with E-state index in [0.717, 1.165) is 5.92 Å². The second-order valence-corrected chi connectivity index (χ2v) is 5.06. The van der Waals surface area contributed by atoms with Crippen molar-refractivity contribution < 1.29 is 0 Å². The molecule has 0 nitrogen and oxygen atoms in total. The molecule has 0 amide bonds. The van der Waals surface area contributed by atoms with Crippen LogP contribution in [-0.4, -0.2) is 0 Å². The highest BCUT2D eigenvalue weighted by molar-refractivity contribution is 5.28. The molecule has 0 aromatic carbocycles. The van der Waals surface area contributed by atoms with Gasteiger partial charge in [-0.2, -0.15) is 0 Å². The van der Waals surface area contributed by atoms with Crippen molar-refractivity contribution >= 4 is 0 Å². The summed E-state index contributed by atoms with van der Waals surface area (Å²) in [6.45, 7) is 9.13. The summed E-state index contributed by atoms with van der Waals surface area (Å²) in [5.74, 6) is 0.796. The number of hydrogen-bond acceptors (Lipinski definition) is 0. The lowest BCUT2D eigenvalue weighted by Crippen LogP contribution is -2.12. The van der Waals surface area contributed by atoms with Crippen molar-refractivity contribution in [2.75, 3.05) is 0 Å². The van der Waals surface area contributed by atoms with E-state index >= 15 is 0 Å². The Kier molecular flexibility index (Phi) is 3.35. The van der Waals surface area contributed by atoms with Gasteiger partial charge in [-0.15, -0.1) is 0 Å². The van der Waals surface area contributed by atoms with Gasteiger partial charge in [-0.3, -0.25) is 0 Å². The monoisotopic (exact) mass is 178 g/mol. The van der Waals surface area contributed by atoms with Gasteiger partial charge in [0.05, 0.1) is 0 Å². The largest absolute Gasteiger partial charge is 0.0837 e. The van der Waals surface area contributed by atoms with Gasteiger partial charge in [0.15, 0.2) is 0 Å². The minimum absolute atomic E-state index is 0.322. The van der Waals surface area contributed by atoms with E-state index in [-0.39, 0.29) is 0 Å². The zero-order chi connectivity index (χ0) is 9.90. The SMILES string of the molecule is CCC[C@@H]1C=C(C(C)(C)C)C=CC1. The Balaban J connectivity index is 2.69. The smallest absolute Gasteiger partial charge is 0.0135 e. The van der Waals surface area contributed by atoms with Crippen LogP contribution >= 0.6 is 0 Å². The van der Waals surface area contributed by atoms with Crippen molar-refractivity contribution in [1.82, 2.24) is 0 Å². The van der Waals surface area contributed by atoms with Crippen LogP contribution in [0.3, 0.4) is 0 Å². The predicted molar refractivity (Wildman–Crippen MR) is 59.7 cm³/mol. The molecule has 0 bridgehead atoms. The molecule has 0 spiro atoms. The fourth-order valence-electron chi connectivity index (χ4n) is 1.82. The molecule has 0 saturated heterocycles. The average molecular weight is 178 g/mol. The van der Waals surface area contributed by atoms with Gasteiger partial charge in [0, 0.05) is 0 Å². The molecule has 0 aromatic rings. The van der Waals surface area contributed by atoms with Crippen LogP contribution in [0.5, 0.6) is 0 Å². The van der Waals surface area contributed by atoms with E-state index in [0.29, 0.717) is 5.41 Å². The Hall–Kier alpha value is -0.520. The molecule has 1 aliphatic carbocycles. The molecule has 0 fully saturated rings. The third kappa shape index (κ3) is 3.02. The van der Waals surface area contributed by atoms with Crippen LogP contribution in [0.2, 0.25) is 0 Å². The van der Waals surface area contributed by atoms with Gasteiger partial charge in [0.1, 0.15) is 0 Å². The first kappa shape index (κ1) is 10.6. The van der Waals surface area contributed by atoms with Gasteiger partial charge in [-0.05, 0) is 29.7 Å². The Morgan fingerprint density at radius 2 is 2.08 bits per heavy atom. The van der Waals surface area contributed by atoms with Crippen LogP contribution in [0.4, 0.5) is 0 Å². The third-order valence-corrected chi connectivity index (χ3v) is 2.68. The quantitative estimate of drug-likeness (QED) is 0.590. The van der Waals surface area contributed by atoms with E-state index in [1.54, 1.807) is 0 Å². The summed E-state index contributed by atoms with van der Waals surface area (Å²) in [4.78, 5) is 0. The standard InChI is InChI=1S/C13H22/c1-5-7-11-8-6-9-12(10-11)13(2,3)4/h6,9-11H,5,7-8H2,1-4H3/t11-/m0/s1. The maximum absolute atomic E-state index is 2.48. The Bertz CT molecular complexity index is 213. The van der Waals surface area contributed by atoms with Crippen molar-refractivity contribution in [2.24, 2.45) is 11.3 Å². The minimum Gasteiger partial charge on any atom is -0.0837 e. The van der Waals surface area contributed by atoms with Crippen molar-refractivity contribution in [1.29, 1.82) is 0 Å². The van der Waals surface area contributed by atoms with Crippen LogP contribution in [-0.2, 0) is 0 Å². The van der Waals surface area contributed by atoms with Gasteiger partial charge >= 0.3 is 0 Å². The average Bonchev–Trinajstić information content (AvgIpc) is 2.04. The maximum atomic E-state index is 2.48. The van der Waals surface area contributed by atoms with E-state index in [2.05, 4.69) is 45.9 Å². The molecule has 0 saturated carbocycles. The molecule has 0 heterocycles. The van der Waals surface area contributed by atoms with Crippen LogP contribution < -0.4 is 0 Å². The molecule has 0 aromatic heterocycles. The minimum atomic E-state index is 0.322. The molecular weight excluding hydrogens is 156 g/mol. The van der Waals surface area contributed by atoms with Gasteiger partial charge in [-0.25, -0.2) is 0 Å². The Labute approximate surface area is 82.7 Å². The van der Waals surface area contributed by atoms with Gasteiger partial charge in [0.2, 0.25) is 0 Å². The van der Waals surface area contributed by atoms with E-state index in [1.807, 2.05) is 0 Å². The van der Waals surface area contributed by atoms with Crippen molar-refractivity contribution in [3.63, 3.8) is 0 Å². The number of hydrogen-bond donors (Lipinski definition) is 0. The summed E-state index contributed by atoms with van der Waals surface area (Å²) in [6, 6.07) is 0. The highest BCUT2D eigenvalue weighted by Crippen LogP contribution is 2.32. The van der Waals surface area contributed by atoms with E-state index < -0.39 is 0 Å². The fourth-order valence-corrected chi connectivity index (χ4v) is 1.82. The maximum Gasteiger partial charge on any atom is -0.0135 e. The lowest BCUT2D eigenvalue weighted by Gasteiger charge is -2.25. The van der Waals surface area contributed by atoms with E-state index in [1.165, 1.54) is 24.8 Å². The van der Waals surface area contributed by atoms with Crippen LogP contribution in [0.25, 0.3) is 0 Å². The zero-order valence-corrected chi connectivity index (χ0v) is 9.43. The molecule has 1 aliphatic rings. The van der Waals surface area contributed by atoms with Crippen LogP contribution in [0, 0.1) is 11.3 Å². The fraction of sp³-hybridized carbons (Fsp3) is 0.692. The Morgan fingerprint density at radius 1 is 1.38 bits per heavy atom. The van der Waals surface area contributed by atoms with Crippen LogP contribution in [0.1, 0.15) is 47.0 Å². The molecule has 74 valence electrons. The first-order valence-electron chi connectivity index (χ1n) is 5.43. The second-order valence-electron chi connectivity index (χ2n) is 5.06. The molecule has 0 N–H and O–H groups in total. The van der Waals surface area contributed by atoms with E-state index in [9.17, 15) is 0 Å². The molecule has 0 unspecified atom stereocenters. The summed E-state index contributed by atoms with van der Waals surface area (Å²) < 4.78 is 0.